The van der Waals surface area contributed by atoms with Crippen LogP contribution < -0.4 is 0 Å². The first kappa shape index (κ1) is 13.7. The third-order valence-corrected chi connectivity index (χ3v) is 5.00. The topological polar surface area (TPSA) is 17.1 Å². The lowest BCUT2D eigenvalue weighted by Gasteiger charge is -2.21. The van der Waals surface area contributed by atoms with Crippen molar-refractivity contribution in [3.63, 3.8) is 0 Å². The van der Waals surface area contributed by atoms with Crippen LogP contribution in [0.15, 0.2) is 12.1 Å². The second-order valence-electron chi connectivity index (χ2n) is 5.43. The summed E-state index contributed by atoms with van der Waals surface area (Å²) in [7, 11) is 0. The van der Waals surface area contributed by atoms with Crippen molar-refractivity contribution in [2.24, 2.45) is 5.92 Å². The molecule has 98 valence electrons. The lowest BCUT2D eigenvalue weighted by molar-refractivity contribution is 0.0958. The fourth-order valence-electron chi connectivity index (χ4n) is 2.58. The van der Waals surface area contributed by atoms with Gasteiger partial charge in [0, 0.05) is 12.0 Å². The number of Topliss-reactive ketones (excluding diaryl/α,β-unsaturated/α-hetero) is 1. The van der Waals surface area contributed by atoms with E-state index in [1.54, 1.807) is 0 Å². The molecule has 0 spiro atoms. The Morgan fingerprint density at radius 1 is 1.11 bits per heavy atom. The van der Waals surface area contributed by atoms with E-state index < -0.39 is 0 Å². The van der Waals surface area contributed by atoms with Crippen LogP contribution in [0.3, 0.4) is 0 Å². The molecule has 0 atom stereocenters. The molecular formula is C16H22OS. The minimum atomic E-state index is 0.340. The predicted molar refractivity (Wildman–Crippen MR) is 79.6 cm³/mol. The van der Waals surface area contributed by atoms with Crippen molar-refractivity contribution in [1.29, 1.82) is 0 Å². The molecule has 1 aliphatic heterocycles. The number of carbonyl (C=O) groups excluding carboxylic acids is 1. The van der Waals surface area contributed by atoms with E-state index in [9.17, 15) is 4.79 Å². The van der Waals surface area contributed by atoms with Crippen LogP contribution in [-0.4, -0.2) is 17.3 Å². The van der Waals surface area contributed by atoms with Gasteiger partial charge >= 0.3 is 0 Å². The number of carbonyl (C=O) groups is 1. The smallest absolute Gasteiger partial charge is 0.163 e. The van der Waals surface area contributed by atoms with Crippen molar-refractivity contribution in [2.45, 2.75) is 40.0 Å². The van der Waals surface area contributed by atoms with Crippen LogP contribution in [0.5, 0.6) is 0 Å². The standard InChI is InChI=1S/C16H22OS/c1-11-8-13(3)15(9-12(11)2)16(17)10-14-4-6-18-7-5-14/h8-9,14H,4-7,10H2,1-3H3. The van der Waals surface area contributed by atoms with Gasteiger partial charge in [-0.2, -0.15) is 11.8 Å². The van der Waals surface area contributed by atoms with Crippen molar-refractivity contribution in [3.05, 3.63) is 34.4 Å². The van der Waals surface area contributed by atoms with Crippen molar-refractivity contribution in [3.8, 4) is 0 Å². The lowest BCUT2D eigenvalue weighted by atomic mass is 9.90. The van der Waals surface area contributed by atoms with Gasteiger partial charge in [-0.05, 0) is 73.8 Å². The summed E-state index contributed by atoms with van der Waals surface area (Å²) in [6.45, 7) is 6.24. The Morgan fingerprint density at radius 2 is 1.72 bits per heavy atom. The minimum absolute atomic E-state index is 0.340. The molecule has 1 heterocycles. The van der Waals surface area contributed by atoms with Gasteiger partial charge in [0.2, 0.25) is 0 Å². The van der Waals surface area contributed by atoms with Crippen molar-refractivity contribution >= 4 is 17.5 Å². The van der Waals surface area contributed by atoms with Gasteiger partial charge in [-0.3, -0.25) is 4.79 Å². The SMILES string of the molecule is Cc1cc(C)c(C(=O)CC2CCSCC2)cc1C. The summed E-state index contributed by atoms with van der Waals surface area (Å²) in [6, 6.07) is 4.21. The maximum atomic E-state index is 12.4. The molecule has 1 aliphatic rings. The Bertz CT molecular complexity index is 445. The number of hydrogen-bond donors (Lipinski definition) is 0. The minimum Gasteiger partial charge on any atom is -0.294 e. The van der Waals surface area contributed by atoms with E-state index in [1.165, 1.54) is 35.5 Å². The summed E-state index contributed by atoms with van der Waals surface area (Å²) in [5.41, 5.74) is 4.57. The van der Waals surface area contributed by atoms with Gasteiger partial charge in [0.15, 0.2) is 5.78 Å². The Kier molecular flexibility index (Phi) is 4.50. The summed E-state index contributed by atoms with van der Waals surface area (Å²) in [4.78, 5) is 12.4. The zero-order valence-corrected chi connectivity index (χ0v) is 12.4. The van der Waals surface area contributed by atoms with E-state index in [0.717, 1.165) is 17.5 Å². The lowest BCUT2D eigenvalue weighted by Crippen LogP contribution is -2.15. The van der Waals surface area contributed by atoms with Crippen molar-refractivity contribution in [2.75, 3.05) is 11.5 Å². The molecule has 0 amide bonds. The van der Waals surface area contributed by atoms with Crippen LogP contribution in [0.25, 0.3) is 0 Å². The molecule has 0 N–H and O–H groups in total. The van der Waals surface area contributed by atoms with Gasteiger partial charge in [-0.1, -0.05) is 6.07 Å². The van der Waals surface area contributed by atoms with Crippen LogP contribution in [-0.2, 0) is 0 Å². The Hall–Kier alpha value is -0.760. The summed E-state index contributed by atoms with van der Waals surface area (Å²) in [5, 5.41) is 0. The van der Waals surface area contributed by atoms with E-state index in [0.29, 0.717) is 11.7 Å². The van der Waals surface area contributed by atoms with Gasteiger partial charge in [0.05, 0.1) is 0 Å². The average molecular weight is 262 g/mol. The Morgan fingerprint density at radius 3 is 2.39 bits per heavy atom. The molecule has 1 fully saturated rings. The zero-order chi connectivity index (χ0) is 13.1. The first-order chi connectivity index (χ1) is 8.58. The fourth-order valence-corrected chi connectivity index (χ4v) is 3.79. The van der Waals surface area contributed by atoms with Gasteiger partial charge in [-0.15, -0.1) is 0 Å². The molecule has 1 saturated heterocycles. The number of benzene rings is 1. The third-order valence-electron chi connectivity index (χ3n) is 3.96. The van der Waals surface area contributed by atoms with Crippen molar-refractivity contribution < 1.29 is 4.79 Å². The second kappa shape index (κ2) is 5.92. The summed E-state index contributed by atoms with van der Waals surface area (Å²) >= 11 is 2.02. The molecule has 1 aromatic carbocycles. The monoisotopic (exact) mass is 262 g/mol. The molecule has 1 aromatic rings. The van der Waals surface area contributed by atoms with Gasteiger partial charge in [0.1, 0.15) is 0 Å². The zero-order valence-electron chi connectivity index (χ0n) is 11.6. The van der Waals surface area contributed by atoms with Gasteiger partial charge < -0.3 is 0 Å². The third kappa shape index (κ3) is 3.17. The van der Waals surface area contributed by atoms with E-state index in [4.69, 9.17) is 0 Å². The Labute approximate surface area is 114 Å². The normalized spacial score (nSPS) is 16.8. The highest BCUT2D eigenvalue weighted by Gasteiger charge is 2.19. The van der Waals surface area contributed by atoms with E-state index >= 15 is 0 Å². The van der Waals surface area contributed by atoms with Crippen LogP contribution in [0.4, 0.5) is 0 Å². The molecule has 0 unspecified atom stereocenters. The quantitative estimate of drug-likeness (QED) is 0.754. The Balaban J connectivity index is 2.10. The van der Waals surface area contributed by atoms with Crippen LogP contribution >= 0.6 is 11.8 Å². The summed E-state index contributed by atoms with van der Waals surface area (Å²) in [6.07, 6.45) is 3.16. The van der Waals surface area contributed by atoms with Crippen LogP contribution in [0.1, 0.15) is 46.3 Å². The highest BCUT2D eigenvalue weighted by molar-refractivity contribution is 7.99. The first-order valence-corrected chi connectivity index (χ1v) is 7.92. The molecule has 0 radical (unpaired) electrons. The number of ketones is 1. The van der Waals surface area contributed by atoms with E-state index in [1.807, 2.05) is 11.8 Å². The van der Waals surface area contributed by atoms with Crippen molar-refractivity contribution in [1.82, 2.24) is 0 Å². The molecule has 2 heteroatoms. The second-order valence-corrected chi connectivity index (χ2v) is 6.66. The maximum absolute atomic E-state index is 12.4. The number of rotatable bonds is 3. The molecule has 0 aromatic heterocycles. The predicted octanol–water partition coefficient (Wildman–Crippen LogP) is 4.33. The van der Waals surface area contributed by atoms with Gasteiger partial charge in [0.25, 0.3) is 0 Å². The van der Waals surface area contributed by atoms with E-state index in [-0.39, 0.29) is 0 Å². The molecule has 0 aliphatic carbocycles. The largest absolute Gasteiger partial charge is 0.294 e. The maximum Gasteiger partial charge on any atom is 0.163 e. The fraction of sp³-hybridized carbons (Fsp3) is 0.562. The summed E-state index contributed by atoms with van der Waals surface area (Å²) in [5.74, 6) is 3.40. The number of aryl methyl sites for hydroxylation is 3. The molecular weight excluding hydrogens is 240 g/mol. The molecule has 1 nitrogen and oxygen atoms in total. The molecule has 0 saturated carbocycles. The molecule has 2 rings (SSSR count). The van der Waals surface area contributed by atoms with Crippen LogP contribution in [0.2, 0.25) is 0 Å². The number of thioether (sulfide) groups is 1. The first-order valence-electron chi connectivity index (χ1n) is 6.76. The number of hydrogen-bond acceptors (Lipinski definition) is 2. The average Bonchev–Trinajstić information content (AvgIpc) is 2.35. The van der Waals surface area contributed by atoms with E-state index in [2.05, 4.69) is 32.9 Å². The summed E-state index contributed by atoms with van der Waals surface area (Å²) < 4.78 is 0. The highest BCUT2D eigenvalue weighted by Crippen LogP contribution is 2.27. The highest BCUT2D eigenvalue weighted by atomic mass is 32.2. The van der Waals surface area contributed by atoms with Gasteiger partial charge in [-0.25, -0.2) is 0 Å². The molecule has 18 heavy (non-hydrogen) atoms. The van der Waals surface area contributed by atoms with Crippen LogP contribution in [0, 0.1) is 26.7 Å². The molecule has 0 bridgehead atoms.